The molecular formula is C17H13NO4. The van der Waals surface area contributed by atoms with E-state index in [2.05, 4.69) is 5.18 Å². The summed E-state index contributed by atoms with van der Waals surface area (Å²) in [6.07, 6.45) is 0. The van der Waals surface area contributed by atoms with Crippen molar-refractivity contribution in [2.24, 2.45) is 5.18 Å². The van der Waals surface area contributed by atoms with Crippen LogP contribution in [0.4, 0.5) is 5.69 Å². The van der Waals surface area contributed by atoms with E-state index in [-0.39, 0.29) is 11.4 Å². The third kappa shape index (κ3) is 3.46. The third-order valence-electron chi connectivity index (χ3n) is 2.99. The highest BCUT2D eigenvalue weighted by molar-refractivity contribution is 5.95. The van der Waals surface area contributed by atoms with E-state index in [4.69, 9.17) is 5.11 Å². The Bertz CT molecular complexity index is 800. The van der Waals surface area contributed by atoms with E-state index in [1.165, 1.54) is 6.07 Å². The molecule has 0 radical (unpaired) electrons. The van der Waals surface area contributed by atoms with Crippen molar-refractivity contribution in [3.8, 4) is 5.75 Å². The molecule has 5 nitrogen and oxygen atoms in total. The van der Waals surface area contributed by atoms with E-state index < -0.39 is 5.97 Å². The second kappa shape index (κ2) is 6.99. The molecule has 0 aliphatic rings. The zero-order valence-corrected chi connectivity index (χ0v) is 11.5. The monoisotopic (exact) mass is 295 g/mol. The van der Waals surface area contributed by atoms with Crippen LogP contribution < -0.4 is 0 Å². The summed E-state index contributed by atoms with van der Waals surface area (Å²) in [5.41, 5.74) is 0.440. The Morgan fingerprint density at radius 2 is 1.50 bits per heavy atom. The molecule has 0 atom stereocenters. The van der Waals surface area contributed by atoms with Crippen LogP contribution in [0.3, 0.4) is 0 Å². The minimum Gasteiger partial charge on any atom is -0.506 e. The zero-order valence-electron chi connectivity index (χ0n) is 11.5. The van der Waals surface area contributed by atoms with E-state index in [9.17, 15) is 14.8 Å². The largest absolute Gasteiger partial charge is 0.506 e. The van der Waals surface area contributed by atoms with Crippen molar-refractivity contribution in [2.45, 2.75) is 0 Å². The maximum atomic E-state index is 10.4. The van der Waals surface area contributed by atoms with Gasteiger partial charge in [0.15, 0.2) is 5.69 Å². The van der Waals surface area contributed by atoms with Crippen molar-refractivity contribution in [2.75, 3.05) is 0 Å². The lowest BCUT2D eigenvalue weighted by Crippen LogP contribution is -1.93. The summed E-state index contributed by atoms with van der Waals surface area (Å²) in [6, 6.07) is 18.8. The van der Waals surface area contributed by atoms with Gasteiger partial charge >= 0.3 is 5.97 Å². The summed E-state index contributed by atoms with van der Waals surface area (Å²) >= 11 is 0. The maximum Gasteiger partial charge on any atom is 0.335 e. The van der Waals surface area contributed by atoms with E-state index in [0.29, 0.717) is 10.9 Å². The van der Waals surface area contributed by atoms with Gasteiger partial charge in [0.2, 0.25) is 0 Å². The molecule has 0 fully saturated rings. The number of nitrogens with zero attached hydrogens (tertiary/aromatic N) is 1. The van der Waals surface area contributed by atoms with Gasteiger partial charge in [0.1, 0.15) is 5.75 Å². The average molecular weight is 295 g/mol. The maximum absolute atomic E-state index is 10.4. The van der Waals surface area contributed by atoms with Gasteiger partial charge < -0.3 is 10.2 Å². The SMILES string of the molecule is O=C(O)c1ccccc1.O=Nc1c(O)ccc2ccccc12. The second-order valence-corrected chi connectivity index (χ2v) is 4.42. The Balaban J connectivity index is 0.000000172. The molecule has 0 saturated carbocycles. The third-order valence-corrected chi connectivity index (χ3v) is 2.99. The van der Waals surface area contributed by atoms with Gasteiger partial charge in [0.05, 0.1) is 5.56 Å². The van der Waals surface area contributed by atoms with Gasteiger partial charge in [-0.05, 0) is 28.8 Å². The van der Waals surface area contributed by atoms with E-state index in [1.807, 2.05) is 12.1 Å². The number of hydrogen-bond acceptors (Lipinski definition) is 4. The summed E-state index contributed by atoms with van der Waals surface area (Å²) in [5.74, 6) is -0.954. The standard InChI is InChI=1S/C10H7NO2.C7H6O2/c12-9-6-5-7-3-1-2-4-8(7)10(9)11-13;8-7(9)6-4-2-1-3-5-6/h1-6,12H;1-5H,(H,8,9). The van der Waals surface area contributed by atoms with Crippen LogP contribution in [0.5, 0.6) is 5.75 Å². The first-order valence-corrected chi connectivity index (χ1v) is 6.46. The van der Waals surface area contributed by atoms with Gasteiger partial charge in [-0.3, -0.25) is 0 Å². The number of phenolic OH excluding ortho intramolecular Hbond substituents is 1. The molecule has 0 bridgehead atoms. The first-order chi connectivity index (χ1) is 10.6. The lowest BCUT2D eigenvalue weighted by atomic mass is 10.1. The van der Waals surface area contributed by atoms with E-state index in [0.717, 1.165) is 5.39 Å². The summed E-state index contributed by atoms with van der Waals surface area (Å²) in [6.45, 7) is 0. The highest BCUT2D eigenvalue weighted by atomic mass is 16.4. The molecule has 0 aliphatic heterocycles. The van der Waals surface area contributed by atoms with Crippen LogP contribution in [-0.4, -0.2) is 16.2 Å². The van der Waals surface area contributed by atoms with Gasteiger partial charge in [-0.25, -0.2) is 4.79 Å². The topological polar surface area (TPSA) is 87.0 Å². The minimum atomic E-state index is -0.879. The van der Waals surface area contributed by atoms with Gasteiger partial charge in [-0.15, -0.1) is 4.91 Å². The molecule has 0 aromatic heterocycles. The van der Waals surface area contributed by atoms with Crippen LogP contribution >= 0.6 is 0 Å². The zero-order chi connectivity index (χ0) is 15.9. The van der Waals surface area contributed by atoms with Crippen LogP contribution in [0.2, 0.25) is 0 Å². The predicted octanol–water partition coefficient (Wildman–Crippen LogP) is 4.33. The number of aromatic hydroxyl groups is 1. The first kappa shape index (κ1) is 15.2. The molecule has 5 heteroatoms. The summed E-state index contributed by atoms with van der Waals surface area (Å²) in [5, 5.41) is 22.1. The van der Waals surface area contributed by atoms with Crippen LogP contribution in [0.25, 0.3) is 10.8 Å². The molecule has 0 aliphatic carbocycles. The number of carboxylic acid groups (broad SMARTS) is 1. The second-order valence-electron chi connectivity index (χ2n) is 4.42. The van der Waals surface area contributed by atoms with Crippen molar-refractivity contribution in [1.82, 2.24) is 0 Å². The van der Waals surface area contributed by atoms with Gasteiger partial charge in [0.25, 0.3) is 0 Å². The number of phenols is 1. The van der Waals surface area contributed by atoms with Crippen molar-refractivity contribution >= 4 is 22.4 Å². The Hall–Kier alpha value is -3.21. The predicted molar refractivity (Wildman–Crippen MR) is 84.5 cm³/mol. The Kier molecular flexibility index (Phi) is 4.82. The highest BCUT2D eigenvalue weighted by Gasteiger charge is 2.05. The van der Waals surface area contributed by atoms with Crippen molar-refractivity contribution in [3.63, 3.8) is 0 Å². The van der Waals surface area contributed by atoms with E-state index >= 15 is 0 Å². The molecular weight excluding hydrogens is 282 g/mol. The fourth-order valence-corrected chi connectivity index (χ4v) is 1.92. The molecule has 3 aromatic carbocycles. The summed E-state index contributed by atoms with van der Waals surface area (Å²) in [4.78, 5) is 20.6. The number of fused-ring (bicyclic) bond motifs is 1. The average Bonchev–Trinajstić information content (AvgIpc) is 2.56. The molecule has 3 aromatic rings. The number of aromatic carboxylic acids is 1. The Morgan fingerprint density at radius 1 is 0.864 bits per heavy atom. The minimum absolute atomic E-state index is 0.0753. The van der Waals surface area contributed by atoms with Crippen LogP contribution in [0, 0.1) is 4.91 Å². The lowest BCUT2D eigenvalue weighted by molar-refractivity contribution is 0.0697. The normalized spacial score (nSPS) is 9.64. The van der Waals surface area contributed by atoms with Gasteiger partial charge in [-0.2, -0.15) is 0 Å². The molecule has 0 amide bonds. The highest BCUT2D eigenvalue weighted by Crippen LogP contribution is 2.34. The van der Waals surface area contributed by atoms with Crippen molar-refractivity contribution in [1.29, 1.82) is 0 Å². The fourth-order valence-electron chi connectivity index (χ4n) is 1.92. The molecule has 3 rings (SSSR count). The number of nitroso groups, excluding NO2 is 1. The smallest absolute Gasteiger partial charge is 0.335 e. The lowest BCUT2D eigenvalue weighted by Gasteiger charge is -2.00. The van der Waals surface area contributed by atoms with Crippen molar-refractivity contribution in [3.05, 3.63) is 77.2 Å². The summed E-state index contributed by atoms with van der Waals surface area (Å²) in [7, 11) is 0. The van der Waals surface area contributed by atoms with Crippen molar-refractivity contribution < 1.29 is 15.0 Å². The number of carboxylic acids is 1. The number of carbonyl (C=O) groups is 1. The Morgan fingerprint density at radius 3 is 2.09 bits per heavy atom. The number of hydrogen-bond donors (Lipinski definition) is 2. The fraction of sp³-hybridized carbons (Fsp3) is 0. The molecule has 0 unspecified atom stereocenters. The van der Waals surface area contributed by atoms with Crippen LogP contribution in [-0.2, 0) is 0 Å². The molecule has 0 spiro atoms. The Labute approximate surface area is 126 Å². The molecule has 0 heterocycles. The molecule has 0 saturated heterocycles. The number of benzene rings is 3. The first-order valence-electron chi connectivity index (χ1n) is 6.46. The van der Waals surface area contributed by atoms with Crippen LogP contribution in [0.1, 0.15) is 10.4 Å². The number of rotatable bonds is 2. The summed E-state index contributed by atoms with van der Waals surface area (Å²) < 4.78 is 0. The molecule has 2 N–H and O–H groups in total. The quantitative estimate of drug-likeness (QED) is 0.689. The molecule has 110 valence electrons. The van der Waals surface area contributed by atoms with Crippen LogP contribution in [0.15, 0.2) is 71.9 Å². The van der Waals surface area contributed by atoms with Gasteiger partial charge in [-0.1, -0.05) is 48.5 Å². The van der Waals surface area contributed by atoms with Gasteiger partial charge in [0, 0.05) is 5.39 Å². The molecule has 22 heavy (non-hydrogen) atoms. The van der Waals surface area contributed by atoms with E-state index in [1.54, 1.807) is 48.5 Å².